The number of hydrogen-bond acceptors (Lipinski definition) is 4. The van der Waals surface area contributed by atoms with Crippen LogP contribution in [0, 0.1) is 5.92 Å². The van der Waals surface area contributed by atoms with E-state index in [-0.39, 0.29) is 30.3 Å². The van der Waals surface area contributed by atoms with Crippen molar-refractivity contribution >= 4 is 17.5 Å². The number of anilines is 1. The molecule has 2 aliphatic rings. The third-order valence-electron chi connectivity index (χ3n) is 4.32. The van der Waals surface area contributed by atoms with Gasteiger partial charge in [-0.15, -0.1) is 0 Å². The van der Waals surface area contributed by atoms with Crippen LogP contribution in [0.2, 0.25) is 0 Å². The number of morpholine rings is 1. The summed E-state index contributed by atoms with van der Waals surface area (Å²) in [6.07, 6.45) is 0.389. The smallest absolute Gasteiger partial charge is 0.228 e. The predicted octanol–water partition coefficient (Wildman–Crippen LogP) is 1.69. The Morgan fingerprint density at radius 3 is 2.50 bits per heavy atom. The van der Waals surface area contributed by atoms with E-state index in [9.17, 15) is 9.59 Å². The van der Waals surface area contributed by atoms with E-state index in [1.807, 2.05) is 43.0 Å². The molecule has 2 fully saturated rings. The van der Waals surface area contributed by atoms with E-state index in [4.69, 9.17) is 9.47 Å². The minimum atomic E-state index is -0.262. The first-order valence-corrected chi connectivity index (χ1v) is 8.48. The molecule has 3 rings (SSSR count). The van der Waals surface area contributed by atoms with Crippen molar-refractivity contribution in [3.8, 4) is 5.75 Å². The summed E-state index contributed by atoms with van der Waals surface area (Å²) in [5, 5.41) is 0. The molecule has 1 atom stereocenters. The first kappa shape index (κ1) is 16.8. The van der Waals surface area contributed by atoms with E-state index >= 15 is 0 Å². The van der Waals surface area contributed by atoms with Crippen molar-refractivity contribution in [2.24, 2.45) is 5.92 Å². The number of carbonyl (C=O) groups is 2. The Kier molecular flexibility index (Phi) is 5.04. The zero-order valence-corrected chi connectivity index (χ0v) is 14.2. The molecule has 130 valence electrons. The van der Waals surface area contributed by atoms with Crippen LogP contribution in [0.3, 0.4) is 0 Å². The van der Waals surface area contributed by atoms with E-state index in [2.05, 4.69) is 0 Å². The van der Waals surface area contributed by atoms with Crippen LogP contribution in [0.15, 0.2) is 24.3 Å². The van der Waals surface area contributed by atoms with Crippen LogP contribution in [0.25, 0.3) is 0 Å². The van der Waals surface area contributed by atoms with Gasteiger partial charge in [-0.05, 0) is 38.1 Å². The zero-order chi connectivity index (χ0) is 17.1. The zero-order valence-electron chi connectivity index (χ0n) is 14.2. The molecule has 2 heterocycles. The molecule has 6 heteroatoms. The average Bonchev–Trinajstić information content (AvgIpc) is 2.97. The Balaban J connectivity index is 1.65. The second kappa shape index (κ2) is 7.21. The second-order valence-corrected chi connectivity index (χ2v) is 6.50. The lowest BCUT2D eigenvalue weighted by Gasteiger charge is -2.29. The van der Waals surface area contributed by atoms with Crippen molar-refractivity contribution in [3.05, 3.63) is 24.3 Å². The third kappa shape index (κ3) is 3.70. The van der Waals surface area contributed by atoms with Gasteiger partial charge in [-0.1, -0.05) is 0 Å². The van der Waals surface area contributed by atoms with Crippen molar-refractivity contribution in [2.45, 2.75) is 26.4 Å². The fourth-order valence-electron chi connectivity index (χ4n) is 3.14. The molecule has 0 unspecified atom stereocenters. The number of ether oxygens (including phenoxy) is 2. The number of nitrogens with zero attached hydrogens (tertiary/aromatic N) is 2. The quantitative estimate of drug-likeness (QED) is 0.842. The summed E-state index contributed by atoms with van der Waals surface area (Å²) in [6, 6.07) is 7.47. The van der Waals surface area contributed by atoms with E-state index in [1.54, 1.807) is 4.90 Å². The van der Waals surface area contributed by atoms with Gasteiger partial charge in [0.05, 0.1) is 25.2 Å². The van der Waals surface area contributed by atoms with Gasteiger partial charge in [-0.3, -0.25) is 9.59 Å². The highest BCUT2D eigenvalue weighted by Crippen LogP contribution is 2.28. The van der Waals surface area contributed by atoms with Crippen molar-refractivity contribution < 1.29 is 19.1 Å². The minimum absolute atomic E-state index is 0.000799. The van der Waals surface area contributed by atoms with E-state index in [0.29, 0.717) is 32.8 Å². The molecule has 0 bridgehead atoms. The Morgan fingerprint density at radius 1 is 1.21 bits per heavy atom. The Bertz CT molecular complexity index is 594. The Hall–Kier alpha value is -2.08. The van der Waals surface area contributed by atoms with Gasteiger partial charge in [-0.25, -0.2) is 0 Å². The van der Waals surface area contributed by atoms with E-state index < -0.39 is 0 Å². The van der Waals surface area contributed by atoms with E-state index in [0.717, 1.165) is 11.4 Å². The van der Waals surface area contributed by atoms with Gasteiger partial charge >= 0.3 is 0 Å². The summed E-state index contributed by atoms with van der Waals surface area (Å²) in [7, 11) is 0. The average molecular weight is 332 g/mol. The van der Waals surface area contributed by atoms with Crippen molar-refractivity contribution in [1.29, 1.82) is 0 Å². The lowest BCUT2D eigenvalue weighted by Crippen LogP contribution is -2.44. The molecule has 0 spiro atoms. The molecule has 0 radical (unpaired) electrons. The molecule has 2 amide bonds. The van der Waals surface area contributed by atoms with Gasteiger partial charge < -0.3 is 19.3 Å². The molecule has 0 N–H and O–H groups in total. The van der Waals surface area contributed by atoms with Crippen LogP contribution >= 0.6 is 0 Å². The highest BCUT2D eigenvalue weighted by molar-refractivity contribution is 6.00. The molecule has 24 heavy (non-hydrogen) atoms. The highest BCUT2D eigenvalue weighted by atomic mass is 16.5. The first-order valence-electron chi connectivity index (χ1n) is 8.48. The van der Waals surface area contributed by atoms with Gasteiger partial charge in [0.2, 0.25) is 11.8 Å². The minimum Gasteiger partial charge on any atom is -0.491 e. The van der Waals surface area contributed by atoms with Crippen LogP contribution in [-0.2, 0) is 14.3 Å². The lowest BCUT2D eigenvalue weighted by molar-refractivity contribution is -0.139. The molecule has 0 saturated carbocycles. The normalized spacial score (nSPS) is 21.5. The summed E-state index contributed by atoms with van der Waals surface area (Å²) in [5.74, 6) is 0.580. The largest absolute Gasteiger partial charge is 0.491 e. The number of carbonyl (C=O) groups excluding carboxylic acids is 2. The molecule has 6 nitrogen and oxygen atoms in total. The molecular weight excluding hydrogens is 308 g/mol. The van der Waals surface area contributed by atoms with Gasteiger partial charge in [0.1, 0.15) is 5.75 Å². The Morgan fingerprint density at radius 2 is 1.88 bits per heavy atom. The second-order valence-electron chi connectivity index (χ2n) is 6.50. The molecule has 0 aromatic heterocycles. The van der Waals surface area contributed by atoms with Crippen molar-refractivity contribution in [3.63, 3.8) is 0 Å². The highest BCUT2D eigenvalue weighted by Gasteiger charge is 2.37. The van der Waals surface area contributed by atoms with Crippen molar-refractivity contribution in [1.82, 2.24) is 4.90 Å². The Labute approximate surface area is 142 Å². The predicted molar refractivity (Wildman–Crippen MR) is 90.1 cm³/mol. The lowest BCUT2D eigenvalue weighted by atomic mass is 10.1. The number of benzene rings is 1. The SMILES string of the molecule is CC(C)Oc1ccc(N2C[C@@H](C(=O)N3CCOCC3)CC2=O)cc1. The van der Waals surface area contributed by atoms with Gasteiger partial charge in [-0.2, -0.15) is 0 Å². The van der Waals surface area contributed by atoms with Crippen LogP contribution < -0.4 is 9.64 Å². The summed E-state index contributed by atoms with van der Waals surface area (Å²) in [6.45, 7) is 6.77. The van der Waals surface area contributed by atoms with Gasteiger partial charge in [0, 0.05) is 31.7 Å². The van der Waals surface area contributed by atoms with Gasteiger partial charge in [0.25, 0.3) is 0 Å². The van der Waals surface area contributed by atoms with Crippen LogP contribution in [0.5, 0.6) is 5.75 Å². The fourth-order valence-corrected chi connectivity index (χ4v) is 3.14. The van der Waals surface area contributed by atoms with Crippen LogP contribution in [-0.4, -0.2) is 55.7 Å². The number of rotatable bonds is 4. The molecule has 2 aliphatic heterocycles. The number of hydrogen-bond donors (Lipinski definition) is 0. The maximum atomic E-state index is 12.6. The maximum Gasteiger partial charge on any atom is 0.228 e. The summed E-state index contributed by atoms with van der Waals surface area (Å²) in [4.78, 5) is 28.4. The summed E-state index contributed by atoms with van der Waals surface area (Å²) >= 11 is 0. The molecule has 2 saturated heterocycles. The van der Waals surface area contributed by atoms with Crippen molar-refractivity contribution in [2.75, 3.05) is 37.7 Å². The first-order chi connectivity index (χ1) is 11.5. The van der Waals surface area contributed by atoms with Crippen LogP contribution in [0.1, 0.15) is 20.3 Å². The molecule has 1 aromatic rings. The molecular formula is C18H24N2O4. The maximum absolute atomic E-state index is 12.6. The fraction of sp³-hybridized carbons (Fsp3) is 0.556. The summed E-state index contributed by atoms with van der Waals surface area (Å²) in [5.41, 5.74) is 0.813. The monoisotopic (exact) mass is 332 g/mol. The van der Waals surface area contributed by atoms with E-state index in [1.165, 1.54) is 0 Å². The van der Waals surface area contributed by atoms with Gasteiger partial charge in [0.15, 0.2) is 0 Å². The molecule has 1 aromatic carbocycles. The topological polar surface area (TPSA) is 59.1 Å². The molecule has 0 aliphatic carbocycles. The summed E-state index contributed by atoms with van der Waals surface area (Å²) < 4.78 is 10.9. The number of amides is 2. The van der Waals surface area contributed by atoms with Crippen LogP contribution in [0.4, 0.5) is 5.69 Å². The third-order valence-corrected chi connectivity index (χ3v) is 4.32. The standard InChI is InChI=1S/C18H24N2O4/c1-13(2)24-16-5-3-15(4-6-16)20-12-14(11-17(20)21)18(22)19-7-9-23-10-8-19/h3-6,13-14H,7-12H2,1-2H3/t14-/m0/s1.